The molecule has 1 heterocycles. The van der Waals surface area contributed by atoms with Crippen LogP contribution in [0.2, 0.25) is 0 Å². The van der Waals surface area contributed by atoms with Crippen molar-refractivity contribution in [3.63, 3.8) is 0 Å². The van der Waals surface area contributed by atoms with Gasteiger partial charge < -0.3 is 15.7 Å². The van der Waals surface area contributed by atoms with Crippen molar-refractivity contribution in [3.05, 3.63) is 17.5 Å². The molecule has 0 unspecified atom stereocenters. The smallest absolute Gasteiger partial charge is 0.328 e. The molecule has 0 aliphatic carbocycles. The molecule has 0 aliphatic rings. The van der Waals surface area contributed by atoms with Gasteiger partial charge in [-0.25, -0.2) is 9.59 Å². The number of aryl methyl sites for hydroxylation is 1. The number of hydrogen-bond donors (Lipinski definition) is 4. The van der Waals surface area contributed by atoms with E-state index in [9.17, 15) is 9.59 Å². The summed E-state index contributed by atoms with van der Waals surface area (Å²) in [6, 6.07) is -0.530. The molecule has 0 aliphatic heterocycles. The number of carbonyl (C=O) groups excluding carboxylic acids is 1. The summed E-state index contributed by atoms with van der Waals surface area (Å²) in [7, 11) is 0. The van der Waals surface area contributed by atoms with Crippen LogP contribution in [-0.4, -0.2) is 32.8 Å². The molecule has 1 aromatic rings. The third kappa shape index (κ3) is 3.47. The number of rotatable bonds is 4. The summed E-state index contributed by atoms with van der Waals surface area (Å²) in [5.74, 6) is -1.09. The first-order chi connectivity index (χ1) is 7.83. The average molecular weight is 240 g/mol. The van der Waals surface area contributed by atoms with Crippen molar-refractivity contribution in [2.45, 2.75) is 32.9 Å². The minimum absolute atomic E-state index is 0.296. The molecule has 0 bridgehead atoms. The summed E-state index contributed by atoms with van der Waals surface area (Å²) in [6.45, 7) is 4.96. The third-order valence-electron chi connectivity index (χ3n) is 2.33. The van der Waals surface area contributed by atoms with Gasteiger partial charge in [0.1, 0.15) is 5.54 Å². The van der Waals surface area contributed by atoms with Gasteiger partial charge in [-0.1, -0.05) is 0 Å². The van der Waals surface area contributed by atoms with Crippen molar-refractivity contribution >= 4 is 12.0 Å². The number of nitrogens with one attached hydrogen (secondary N) is 3. The third-order valence-corrected chi connectivity index (χ3v) is 2.33. The molecular weight excluding hydrogens is 224 g/mol. The van der Waals surface area contributed by atoms with Gasteiger partial charge >= 0.3 is 12.0 Å². The molecule has 4 N–H and O–H groups in total. The van der Waals surface area contributed by atoms with Crippen LogP contribution in [-0.2, 0) is 11.3 Å². The van der Waals surface area contributed by atoms with Crippen molar-refractivity contribution in [2.24, 2.45) is 0 Å². The van der Waals surface area contributed by atoms with Crippen LogP contribution in [0.3, 0.4) is 0 Å². The lowest BCUT2D eigenvalue weighted by molar-refractivity contribution is -0.142. The van der Waals surface area contributed by atoms with Gasteiger partial charge in [-0.3, -0.25) is 5.10 Å². The van der Waals surface area contributed by atoms with E-state index in [1.54, 1.807) is 6.20 Å². The molecule has 0 saturated heterocycles. The Balaban J connectivity index is 2.46. The van der Waals surface area contributed by atoms with E-state index in [0.717, 1.165) is 11.3 Å². The highest BCUT2D eigenvalue weighted by atomic mass is 16.4. The topological polar surface area (TPSA) is 107 Å². The van der Waals surface area contributed by atoms with Crippen molar-refractivity contribution in [1.82, 2.24) is 20.8 Å². The predicted octanol–water partition coefficient (Wildman–Crippen LogP) is 0.381. The quantitative estimate of drug-likeness (QED) is 0.610. The number of carboxylic acid groups (broad SMARTS) is 1. The molecule has 7 heteroatoms. The van der Waals surface area contributed by atoms with Gasteiger partial charge in [0, 0.05) is 17.8 Å². The number of nitrogens with zero attached hydrogens (tertiary/aromatic N) is 1. The zero-order chi connectivity index (χ0) is 13.1. The largest absolute Gasteiger partial charge is 0.480 e. The summed E-state index contributed by atoms with van der Waals surface area (Å²) < 4.78 is 0. The predicted molar refractivity (Wildman–Crippen MR) is 60.4 cm³/mol. The van der Waals surface area contributed by atoms with Crippen LogP contribution in [0.25, 0.3) is 0 Å². The molecule has 2 amide bonds. The van der Waals surface area contributed by atoms with E-state index in [-0.39, 0.29) is 0 Å². The Morgan fingerprint density at radius 3 is 2.65 bits per heavy atom. The zero-order valence-corrected chi connectivity index (χ0v) is 10.00. The average Bonchev–Trinajstić information content (AvgIpc) is 2.60. The molecular formula is C10H16N4O3. The Morgan fingerprint density at radius 1 is 1.53 bits per heavy atom. The second-order valence-electron chi connectivity index (χ2n) is 4.26. The first-order valence-corrected chi connectivity index (χ1v) is 5.11. The summed E-state index contributed by atoms with van der Waals surface area (Å²) >= 11 is 0. The number of carbonyl (C=O) groups is 2. The van der Waals surface area contributed by atoms with Gasteiger partial charge in [0.05, 0.1) is 6.20 Å². The Kier molecular flexibility index (Phi) is 3.72. The number of aliphatic carboxylic acids is 1. The zero-order valence-electron chi connectivity index (χ0n) is 10.00. The Hall–Kier alpha value is -2.05. The molecule has 0 fully saturated rings. The van der Waals surface area contributed by atoms with E-state index in [1.165, 1.54) is 13.8 Å². The van der Waals surface area contributed by atoms with Gasteiger partial charge in [-0.2, -0.15) is 5.10 Å². The molecule has 7 nitrogen and oxygen atoms in total. The fourth-order valence-electron chi connectivity index (χ4n) is 1.11. The van der Waals surface area contributed by atoms with Crippen molar-refractivity contribution in [1.29, 1.82) is 0 Å². The van der Waals surface area contributed by atoms with E-state index in [4.69, 9.17) is 5.11 Å². The van der Waals surface area contributed by atoms with E-state index in [1.807, 2.05) is 6.92 Å². The standard InChI is InChI=1S/C10H16N4O3/c1-6-7(5-12-14-6)4-11-9(17)13-10(2,3)8(15)16/h5H,4H2,1-3H3,(H,12,14)(H,15,16)(H2,11,13,17). The van der Waals surface area contributed by atoms with Crippen LogP contribution in [0.15, 0.2) is 6.20 Å². The highest BCUT2D eigenvalue weighted by Gasteiger charge is 2.28. The normalized spacial score (nSPS) is 11.0. The molecule has 1 aromatic heterocycles. The van der Waals surface area contributed by atoms with E-state index >= 15 is 0 Å². The van der Waals surface area contributed by atoms with Gasteiger partial charge in [0.2, 0.25) is 0 Å². The van der Waals surface area contributed by atoms with Crippen LogP contribution < -0.4 is 10.6 Å². The second kappa shape index (κ2) is 4.86. The molecule has 0 saturated carbocycles. The highest BCUT2D eigenvalue weighted by molar-refractivity contribution is 5.85. The van der Waals surface area contributed by atoms with E-state index in [2.05, 4.69) is 20.8 Å². The Morgan fingerprint density at radius 2 is 2.18 bits per heavy atom. The fraction of sp³-hybridized carbons (Fsp3) is 0.500. The van der Waals surface area contributed by atoms with Gasteiger partial charge in [0.25, 0.3) is 0 Å². The summed E-state index contributed by atoms with van der Waals surface area (Å²) in [5, 5.41) is 20.3. The maximum atomic E-state index is 11.5. The van der Waals surface area contributed by atoms with Crippen molar-refractivity contribution in [2.75, 3.05) is 0 Å². The Bertz CT molecular complexity index is 425. The number of hydrogen-bond acceptors (Lipinski definition) is 3. The SMILES string of the molecule is Cc1[nH]ncc1CNC(=O)NC(C)(C)C(=O)O. The summed E-state index contributed by atoms with van der Waals surface area (Å²) in [4.78, 5) is 22.2. The molecule has 0 radical (unpaired) electrons. The molecule has 1 rings (SSSR count). The molecule has 0 aromatic carbocycles. The van der Waals surface area contributed by atoms with Crippen molar-refractivity contribution in [3.8, 4) is 0 Å². The Labute approximate surface area is 98.6 Å². The first-order valence-electron chi connectivity index (χ1n) is 5.11. The van der Waals surface area contributed by atoms with Gasteiger partial charge in [0.15, 0.2) is 0 Å². The minimum Gasteiger partial charge on any atom is -0.480 e. The number of carboxylic acids is 1. The lowest BCUT2D eigenvalue weighted by Crippen LogP contribution is -2.53. The lowest BCUT2D eigenvalue weighted by atomic mass is 10.1. The number of aromatic nitrogens is 2. The second-order valence-corrected chi connectivity index (χ2v) is 4.26. The number of urea groups is 1. The van der Waals surface area contributed by atoms with E-state index < -0.39 is 17.5 Å². The first kappa shape index (κ1) is 13.0. The molecule has 0 spiro atoms. The summed E-state index contributed by atoms with van der Waals surface area (Å²) in [5.41, 5.74) is 0.422. The summed E-state index contributed by atoms with van der Waals surface area (Å²) in [6.07, 6.45) is 1.61. The number of amides is 2. The molecule has 17 heavy (non-hydrogen) atoms. The van der Waals surface area contributed by atoms with Crippen LogP contribution in [0.5, 0.6) is 0 Å². The minimum atomic E-state index is -1.30. The van der Waals surface area contributed by atoms with Crippen LogP contribution >= 0.6 is 0 Å². The highest BCUT2D eigenvalue weighted by Crippen LogP contribution is 2.03. The fourth-order valence-corrected chi connectivity index (χ4v) is 1.11. The van der Waals surface area contributed by atoms with Gasteiger partial charge in [-0.15, -0.1) is 0 Å². The van der Waals surface area contributed by atoms with Crippen molar-refractivity contribution < 1.29 is 14.7 Å². The number of H-pyrrole nitrogens is 1. The van der Waals surface area contributed by atoms with Crippen LogP contribution in [0.4, 0.5) is 4.79 Å². The maximum absolute atomic E-state index is 11.5. The maximum Gasteiger partial charge on any atom is 0.328 e. The lowest BCUT2D eigenvalue weighted by Gasteiger charge is -2.21. The number of aromatic amines is 1. The van der Waals surface area contributed by atoms with E-state index in [0.29, 0.717) is 6.54 Å². The van der Waals surface area contributed by atoms with Crippen LogP contribution in [0, 0.1) is 6.92 Å². The van der Waals surface area contributed by atoms with Gasteiger partial charge in [-0.05, 0) is 20.8 Å². The van der Waals surface area contributed by atoms with Crippen LogP contribution in [0.1, 0.15) is 25.1 Å². The molecule has 94 valence electrons. The monoisotopic (exact) mass is 240 g/mol. The molecule has 0 atom stereocenters.